The van der Waals surface area contributed by atoms with Crippen LogP contribution in [0.15, 0.2) is 28.4 Å². The van der Waals surface area contributed by atoms with Gasteiger partial charge in [-0.2, -0.15) is 0 Å². The molecule has 0 bridgehead atoms. The van der Waals surface area contributed by atoms with Crippen molar-refractivity contribution in [3.8, 4) is 0 Å². The van der Waals surface area contributed by atoms with Crippen molar-refractivity contribution in [2.75, 3.05) is 0 Å². The first-order chi connectivity index (χ1) is 7.06. The second-order valence-corrected chi connectivity index (χ2v) is 3.91. The van der Waals surface area contributed by atoms with Crippen LogP contribution >= 0.6 is 11.6 Å². The summed E-state index contributed by atoms with van der Waals surface area (Å²) in [6, 6.07) is 0. The molecule has 0 aromatic heterocycles. The topological polar surface area (TPSA) is 38.7 Å². The fraction of sp³-hybridized carbons (Fsp3) is 0.455. The summed E-state index contributed by atoms with van der Waals surface area (Å²) >= 11 is 5.94. The molecule has 1 rings (SSSR count). The molecule has 0 N–H and O–H groups in total. The highest BCUT2D eigenvalue weighted by atomic mass is 35.5. The molecule has 1 aliphatic carbocycles. The molecule has 0 radical (unpaired) electrons. The number of rotatable bonds is 2. The number of carbonyl (C=O) groups is 1. The highest BCUT2D eigenvalue weighted by molar-refractivity contribution is 6.32. The highest BCUT2D eigenvalue weighted by Crippen LogP contribution is 2.29. The normalized spacial score (nSPS) is 26.6. The fourth-order valence-electron chi connectivity index (χ4n) is 1.66. The summed E-state index contributed by atoms with van der Waals surface area (Å²) in [7, 11) is 0. The summed E-state index contributed by atoms with van der Waals surface area (Å²) in [5.41, 5.74) is 1.69. The molecule has 4 heteroatoms. The minimum absolute atomic E-state index is 0.274. The predicted molar refractivity (Wildman–Crippen MR) is 61.0 cm³/mol. The molecule has 0 aromatic carbocycles. The van der Waals surface area contributed by atoms with Gasteiger partial charge in [0.1, 0.15) is 6.10 Å². The van der Waals surface area contributed by atoms with Crippen molar-refractivity contribution in [2.24, 2.45) is 4.99 Å². The van der Waals surface area contributed by atoms with Crippen molar-refractivity contribution in [3.05, 3.63) is 23.4 Å². The summed E-state index contributed by atoms with van der Waals surface area (Å²) in [5, 5.41) is 0.699. The lowest BCUT2D eigenvalue weighted by Gasteiger charge is -2.11. The van der Waals surface area contributed by atoms with E-state index in [2.05, 4.69) is 11.6 Å². The Morgan fingerprint density at radius 2 is 2.33 bits per heavy atom. The molecular formula is C11H14ClNO2. The summed E-state index contributed by atoms with van der Waals surface area (Å²) in [4.78, 5) is 15.0. The first-order valence-electron chi connectivity index (χ1n) is 4.77. The van der Waals surface area contributed by atoms with Crippen LogP contribution in [0, 0.1) is 0 Å². The molecule has 0 heterocycles. The monoisotopic (exact) mass is 227 g/mol. The van der Waals surface area contributed by atoms with Gasteiger partial charge in [-0.05, 0) is 25.3 Å². The average molecular weight is 228 g/mol. The van der Waals surface area contributed by atoms with Crippen molar-refractivity contribution < 1.29 is 9.53 Å². The first kappa shape index (κ1) is 12.0. The van der Waals surface area contributed by atoms with Crippen LogP contribution in [0.3, 0.4) is 0 Å². The third kappa shape index (κ3) is 2.93. The zero-order chi connectivity index (χ0) is 11.4. The summed E-state index contributed by atoms with van der Waals surface area (Å²) in [6.07, 6.45) is 2.70. The van der Waals surface area contributed by atoms with Crippen LogP contribution in [0.25, 0.3) is 0 Å². The lowest BCUT2D eigenvalue weighted by atomic mass is 10.2. The lowest BCUT2D eigenvalue weighted by molar-refractivity contribution is -0.143. The molecule has 1 fully saturated rings. The van der Waals surface area contributed by atoms with Gasteiger partial charge in [-0.3, -0.25) is 9.79 Å². The number of ether oxygens (including phenoxy) is 1. The van der Waals surface area contributed by atoms with Gasteiger partial charge in [-0.15, -0.1) is 0 Å². The van der Waals surface area contributed by atoms with E-state index in [4.69, 9.17) is 16.3 Å². The Bertz CT molecular complexity index is 340. The van der Waals surface area contributed by atoms with E-state index < -0.39 is 0 Å². The minimum atomic E-state index is -0.301. The van der Waals surface area contributed by atoms with Crippen LogP contribution in [0.2, 0.25) is 0 Å². The number of hydrogen-bond donors (Lipinski definition) is 0. The van der Waals surface area contributed by atoms with Crippen LogP contribution in [-0.4, -0.2) is 17.8 Å². The van der Waals surface area contributed by atoms with Crippen LogP contribution < -0.4 is 0 Å². The quantitative estimate of drug-likeness (QED) is 0.681. The smallest absolute Gasteiger partial charge is 0.303 e. The molecule has 1 atom stereocenters. The number of esters is 1. The Morgan fingerprint density at radius 1 is 1.67 bits per heavy atom. The number of carbonyl (C=O) groups excluding carboxylic acids is 1. The van der Waals surface area contributed by atoms with Gasteiger partial charge in [0.2, 0.25) is 0 Å². The van der Waals surface area contributed by atoms with E-state index >= 15 is 0 Å². The molecule has 0 spiro atoms. The zero-order valence-electron chi connectivity index (χ0n) is 8.92. The number of halogens is 1. The average Bonchev–Trinajstić information content (AvgIpc) is 2.48. The molecule has 0 aliphatic heterocycles. The Morgan fingerprint density at radius 3 is 2.80 bits per heavy atom. The van der Waals surface area contributed by atoms with Crippen molar-refractivity contribution in [2.45, 2.75) is 32.8 Å². The van der Waals surface area contributed by atoms with Gasteiger partial charge in [-0.1, -0.05) is 18.2 Å². The maximum Gasteiger partial charge on any atom is 0.303 e. The van der Waals surface area contributed by atoms with Gasteiger partial charge in [0.15, 0.2) is 0 Å². The van der Waals surface area contributed by atoms with Crippen molar-refractivity contribution in [1.29, 1.82) is 0 Å². The van der Waals surface area contributed by atoms with Gasteiger partial charge < -0.3 is 4.74 Å². The molecular weight excluding hydrogens is 214 g/mol. The number of hydrogen-bond acceptors (Lipinski definition) is 3. The standard InChI is InChI=1S/C11H14ClNO2/c1-4-13-11-9(7(2)12)5-6-10(11)15-8(3)14/h4,10H,1,5-6H2,2-3H3/b9-7+,13-11?. The van der Waals surface area contributed by atoms with Gasteiger partial charge in [0.05, 0.1) is 5.71 Å². The number of aliphatic imine (C=N–C) groups is 1. The second kappa shape index (κ2) is 5.12. The molecule has 3 nitrogen and oxygen atoms in total. The van der Waals surface area contributed by atoms with Crippen LogP contribution in [-0.2, 0) is 9.53 Å². The fourth-order valence-corrected chi connectivity index (χ4v) is 1.85. The minimum Gasteiger partial charge on any atom is -0.456 e. The van der Waals surface area contributed by atoms with Gasteiger partial charge in [0.25, 0.3) is 0 Å². The Labute approximate surface area is 94.5 Å². The van der Waals surface area contributed by atoms with E-state index in [0.717, 1.165) is 24.1 Å². The lowest BCUT2D eigenvalue weighted by Crippen LogP contribution is -2.21. The molecule has 1 saturated carbocycles. The van der Waals surface area contributed by atoms with E-state index in [1.807, 2.05) is 6.92 Å². The molecule has 0 amide bonds. The third-order valence-corrected chi connectivity index (χ3v) is 2.45. The van der Waals surface area contributed by atoms with Crippen LogP contribution in [0.1, 0.15) is 26.7 Å². The molecule has 1 unspecified atom stereocenters. The van der Waals surface area contributed by atoms with Crippen molar-refractivity contribution >= 4 is 23.3 Å². The number of allylic oxidation sites excluding steroid dienone is 1. The zero-order valence-corrected chi connectivity index (χ0v) is 9.67. The molecule has 15 heavy (non-hydrogen) atoms. The summed E-state index contributed by atoms with van der Waals surface area (Å²) in [5.74, 6) is -0.301. The third-order valence-electron chi connectivity index (χ3n) is 2.23. The molecule has 0 saturated heterocycles. The molecule has 82 valence electrons. The maximum absolute atomic E-state index is 10.9. The summed E-state index contributed by atoms with van der Waals surface area (Å²) < 4.78 is 5.15. The van der Waals surface area contributed by atoms with E-state index in [1.54, 1.807) is 0 Å². The summed E-state index contributed by atoms with van der Waals surface area (Å²) in [6.45, 7) is 6.74. The SMILES string of the molecule is C=CN=C1/C(=C(\C)Cl)CCC1OC(C)=O. The largest absolute Gasteiger partial charge is 0.456 e. The van der Waals surface area contributed by atoms with E-state index in [9.17, 15) is 4.79 Å². The van der Waals surface area contributed by atoms with E-state index in [-0.39, 0.29) is 12.1 Å². The van der Waals surface area contributed by atoms with Gasteiger partial charge in [-0.25, -0.2) is 0 Å². The Kier molecular flexibility index (Phi) is 4.09. The highest BCUT2D eigenvalue weighted by Gasteiger charge is 2.30. The van der Waals surface area contributed by atoms with Gasteiger partial charge in [0, 0.05) is 18.2 Å². The Hall–Kier alpha value is -1.09. The second-order valence-electron chi connectivity index (χ2n) is 3.35. The Balaban J connectivity index is 2.95. The van der Waals surface area contributed by atoms with E-state index in [0.29, 0.717) is 5.03 Å². The number of nitrogens with zero attached hydrogens (tertiary/aromatic N) is 1. The van der Waals surface area contributed by atoms with E-state index in [1.165, 1.54) is 13.1 Å². The first-order valence-corrected chi connectivity index (χ1v) is 5.15. The van der Waals surface area contributed by atoms with Crippen molar-refractivity contribution in [1.82, 2.24) is 0 Å². The van der Waals surface area contributed by atoms with Crippen LogP contribution in [0.5, 0.6) is 0 Å². The maximum atomic E-state index is 10.9. The predicted octanol–water partition coefficient (Wildman–Crippen LogP) is 2.81. The van der Waals surface area contributed by atoms with Gasteiger partial charge >= 0.3 is 5.97 Å². The van der Waals surface area contributed by atoms with Crippen LogP contribution in [0.4, 0.5) is 0 Å². The molecule has 0 aromatic rings. The van der Waals surface area contributed by atoms with Crippen molar-refractivity contribution in [3.63, 3.8) is 0 Å². The molecule has 1 aliphatic rings.